The van der Waals surface area contributed by atoms with E-state index in [0.29, 0.717) is 29.2 Å². The molecule has 2 aliphatic heterocycles. The lowest BCUT2D eigenvalue weighted by atomic mass is 10.1. The fraction of sp³-hybridized carbons (Fsp3) is 0.500. The lowest BCUT2D eigenvalue weighted by Gasteiger charge is -2.29. The number of amides is 1. The fourth-order valence-corrected chi connectivity index (χ4v) is 4.74. The summed E-state index contributed by atoms with van der Waals surface area (Å²) in [6.07, 6.45) is 1.17. The van der Waals surface area contributed by atoms with Gasteiger partial charge in [-0.05, 0) is 31.5 Å². The van der Waals surface area contributed by atoms with Crippen LogP contribution in [0.2, 0.25) is 0 Å². The molecule has 0 aromatic heterocycles. The number of ether oxygens (including phenoxy) is 3. The second-order valence-corrected chi connectivity index (χ2v) is 7.87. The molecule has 26 heavy (non-hydrogen) atoms. The fourth-order valence-electron chi connectivity index (χ4n) is 3.32. The predicted octanol–water partition coefficient (Wildman–Crippen LogP) is 1.88. The van der Waals surface area contributed by atoms with E-state index >= 15 is 0 Å². The van der Waals surface area contributed by atoms with Crippen molar-refractivity contribution in [2.75, 3.05) is 26.6 Å². The van der Waals surface area contributed by atoms with Crippen molar-refractivity contribution in [3.05, 3.63) is 23.8 Å². The number of methoxy groups -OCH3 is 2. The highest BCUT2D eigenvalue weighted by molar-refractivity contribution is 8.01. The number of fused-ring (bicyclic) bond motifs is 1. The number of benzene rings is 1. The largest absolute Gasteiger partial charge is 0.493 e. The number of hydrogen-bond acceptors (Lipinski definition) is 7. The Hall–Kier alpha value is -2.22. The minimum Gasteiger partial charge on any atom is -0.493 e. The van der Waals surface area contributed by atoms with Gasteiger partial charge in [-0.3, -0.25) is 9.59 Å². The summed E-state index contributed by atoms with van der Waals surface area (Å²) < 4.78 is 15.5. The van der Waals surface area contributed by atoms with Crippen LogP contribution >= 0.6 is 11.8 Å². The van der Waals surface area contributed by atoms with Crippen LogP contribution in [-0.4, -0.2) is 60.1 Å². The highest BCUT2D eigenvalue weighted by Crippen LogP contribution is 2.47. The zero-order valence-corrected chi connectivity index (χ0v) is 15.8. The molecule has 0 radical (unpaired) electrons. The highest BCUT2D eigenvalue weighted by atomic mass is 32.2. The Kier molecular flexibility index (Phi) is 5.13. The molecule has 7 nitrogen and oxygen atoms in total. The third-order valence-corrected chi connectivity index (χ3v) is 6.27. The van der Waals surface area contributed by atoms with Gasteiger partial charge in [0, 0.05) is 17.7 Å². The van der Waals surface area contributed by atoms with Crippen molar-refractivity contribution < 1.29 is 28.6 Å². The Balaban J connectivity index is 1.63. The third-order valence-electron chi connectivity index (χ3n) is 4.77. The average Bonchev–Trinajstić information content (AvgIpc) is 3.14. The monoisotopic (exact) mass is 379 g/mol. The first-order valence-corrected chi connectivity index (χ1v) is 9.26. The van der Waals surface area contributed by atoms with Crippen LogP contribution in [0, 0.1) is 0 Å². The molecule has 1 aromatic carbocycles. The van der Waals surface area contributed by atoms with Crippen LogP contribution in [-0.2, 0) is 14.3 Å². The van der Waals surface area contributed by atoms with E-state index in [9.17, 15) is 14.4 Å². The van der Waals surface area contributed by atoms with Gasteiger partial charge < -0.3 is 19.1 Å². The first-order chi connectivity index (χ1) is 12.4. The average molecular weight is 379 g/mol. The molecule has 2 heterocycles. The molecule has 0 saturated carbocycles. The molecule has 0 N–H and O–H groups in total. The van der Waals surface area contributed by atoms with Gasteiger partial charge in [-0.1, -0.05) is 0 Å². The second-order valence-electron chi connectivity index (χ2n) is 6.37. The maximum Gasteiger partial charge on any atom is 0.330 e. The molecule has 8 heteroatoms. The lowest BCUT2D eigenvalue weighted by molar-refractivity contribution is -0.152. The summed E-state index contributed by atoms with van der Waals surface area (Å²) in [5.41, 5.74) is 0.360. The van der Waals surface area contributed by atoms with Crippen molar-refractivity contribution in [3.8, 4) is 11.5 Å². The maximum atomic E-state index is 12.4. The van der Waals surface area contributed by atoms with Gasteiger partial charge in [-0.25, -0.2) is 4.79 Å². The number of esters is 1. The molecule has 0 aliphatic carbocycles. The summed E-state index contributed by atoms with van der Waals surface area (Å²) in [5.74, 6) is 0.508. The molecule has 2 fully saturated rings. The van der Waals surface area contributed by atoms with Crippen molar-refractivity contribution >= 4 is 29.4 Å². The Labute approximate surface area is 156 Å². The van der Waals surface area contributed by atoms with Crippen LogP contribution in [0.4, 0.5) is 0 Å². The van der Waals surface area contributed by atoms with E-state index in [2.05, 4.69) is 0 Å². The van der Waals surface area contributed by atoms with Crippen LogP contribution in [0.15, 0.2) is 18.2 Å². The number of carbonyl (C=O) groups excluding carboxylic acids is 3. The SMILES string of the molecule is COc1ccc(C(=O)COC(=O)[C@@H]2CS[C@@]3(C)CCC(=O)N23)cc1OC. The zero-order chi connectivity index (χ0) is 18.9. The van der Waals surface area contributed by atoms with E-state index in [1.165, 1.54) is 14.2 Å². The summed E-state index contributed by atoms with van der Waals surface area (Å²) in [4.78, 5) is 38.1. The van der Waals surface area contributed by atoms with E-state index in [-0.39, 0.29) is 23.2 Å². The summed E-state index contributed by atoms with van der Waals surface area (Å²) in [5, 5.41) is 0. The molecular formula is C18H21NO6S. The maximum absolute atomic E-state index is 12.4. The minimum atomic E-state index is -0.627. The molecule has 0 bridgehead atoms. The number of hydrogen-bond donors (Lipinski definition) is 0. The van der Waals surface area contributed by atoms with E-state index in [4.69, 9.17) is 14.2 Å². The van der Waals surface area contributed by atoms with Gasteiger partial charge in [-0.2, -0.15) is 0 Å². The smallest absolute Gasteiger partial charge is 0.330 e. The van der Waals surface area contributed by atoms with Gasteiger partial charge in [0.25, 0.3) is 0 Å². The normalized spacial score (nSPS) is 24.3. The van der Waals surface area contributed by atoms with Gasteiger partial charge in [0.15, 0.2) is 23.9 Å². The second kappa shape index (κ2) is 7.19. The lowest BCUT2D eigenvalue weighted by Crippen LogP contribution is -2.46. The van der Waals surface area contributed by atoms with Gasteiger partial charge >= 0.3 is 5.97 Å². The number of thioether (sulfide) groups is 1. The van der Waals surface area contributed by atoms with Crippen molar-refractivity contribution in [1.82, 2.24) is 4.90 Å². The van der Waals surface area contributed by atoms with Crippen LogP contribution in [0.5, 0.6) is 11.5 Å². The Morgan fingerprint density at radius 1 is 1.27 bits per heavy atom. The molecular weight excluding hydrogens is 358 g/mol. The zero-order valence-electron chi connectivity index (χ0n) is 14.9. The number of rotatable bonds is 6. The molecule has 2 atom stereocenters. The van der Waals surface area contributed by atoms with Crippen LogP contribution in [0.1, 0.15) is 30.1 Å². The van der Waals surface area contributed by atoms with Crippen LogP contribution < -0.4 is 9.47 Å². The predicted molar refractivity (Wildman–Crippen MR) is 95.6 cm³/mol. The van der Waals surface area contributed by atoms with E-state index < -0.39 is 12.0 Å². The first kappa shape index (κ1) is 18.6. The van der Waals surface area contributed by atoms with Crippen molar-refractivity contribution in [1.29, 1.82) is 0 Å². The van der Waals surface area contributed by atoms with E-state index in [0.717, 1.165) is 6.42 Å². The molecule has 1 amide bonds. The number of ketones is 1. The minimum absolute atomic E-state index is 0.0364. The van der Waals surface area contributed by atoms with Gasteiger partial charge in [0.1, 0.15) is 6.04 Å². The number of nitrogens with zero attached hydrogens (tertiary/aromatic N) is 1. The van der Waals surface area contributed by atoms with Crippen molar-refractivity contribution in [3.63, 3.8) is 0 Å². The molecule has 3 rings (SSSR count). The van der Waals surface area contributed by atoms with Crippen LogP contribution in [0.25, 0.3) is 0 Å². The summed E-state index contributed by atoms with van der Waals surface area (Å²) in [6.45, 7) is 1.58. The van der Waals surface area contributed by atoms with Crippen molar-refractivity contribution in [2.24, 2.45) is 0 Å². The Morgan fingerprint density at radius 3 is 2.69 bits per heavy atom. The molecule has 1 aromatic rings. The van der Waals surface area contributed by atoms with Gasteiger partial charge in [0.05, 0.1) is 19.1 Å². The highest BCUT2D eigenvalue weighted by Gasteiger charge is 2.53. The summed E-state index contributed by atoms with van der Waals surface area (Å²) in [6, 6.07) is 4.12. The summed E-state index contributed by atoms with van der Waals surface area (Å²) in [7, 11) is 2.99. The van der Waals surface area contributed by atoms with E-state index in [1.807, 2.05) is 6.92 Å². The topological polar surface area (TPSA) is 82.1 Å². The molecule has 2 saturated heterocycles. The van der Waals surface area contributed by atoms with Gasteiger partial charge in [0.2, 0.25) is 5.91 Å². The summed E-state index contributed by atoms with van der Waals surface area (Å²) >= 11 is 1.58. The first-order valence-electron chi connectivity index (χ1n) is 8.27. The molecule has 0 spiro atoms. The number of carbonyl (C=O) groups is 3. The quantitative estimate of drug-likeness (QED) is 0.551. The molecule has 2 aliphatic rings. The molecule has 0 unspecified atom stereocenters. The Bertz CT molecular complexity index is 751. The standard InChI is InChI=1S/C18H21NO6S/c1-18-7-6-16(21)19(18)12(10-26-18)17(22)25-9-13(20)11-4-5-14(23-2)15(8-11)24-3/h4-5,8,12H,6-7,9-10H2,1-3H3/t12-,18-/m0/s1. The van der Waals surface area contributed by atoms with Gasteiger partial charge in [-0.15, -0.1) is 11.8 Å². The Morgan fingerprint density at radius 2 is 2.00 bits per heavy atom. The molecule has 140 valence electrons. The third kappa shape index (κ3) is 3.25. The van der Waals surface area contributed by atoms with Crippen LogP contribution in [0.3, 0.4) is 0 Å². The van der Waals surface area contributed by atoms with E-state index in [1.54, 1.807) is 34.9 Å². The van der Waals surface area contributed by atoms with Crippen molar-refractivity contribution in [2.45, 2.75) is 30.7 Å². The number of Topliss-reactive ketones (excluding diaryl/α,β-unsaturated/α-hetero) is 1.